The van der Waals surface area contributed by atoms with Crippen molar-refractivity contribution >= 4 is 11.9 Å². The number of H-pyrrole nitrogens is 1. The van der Waals surface area contributed by atoms with Crippen molar-refractivity contribution in [1.29, 1.82) is 0 Å². The Balaban J connectivity index is 1.98. The van der Waals surface area contributed by atoms with E-state index in [4.69, 9.17) is 5.11 Å². The van der Waals surface area contributed by atoms with Crippen LogP contribution in [-0.4, -0.2) is 31.5 Å². The zero-order valence-electron chi connectivity index (χ0n) is 10.3. The SMILES string of the molecule is CC(NC(=O)Cn1cccc1C(=O)O)c1ncc[nH]1. The summed E-state index contributed by atoms with van der Waals surface area (Å²) in [6.07, 6.45) is 4.83. The van der Waals surface area contributed by atoms with Gasteiger partial charge in [0.2, 0.25) is 5.91 Å². The third-order valence-corrected chi connectivity index (χ3v) is 2.67. The van der Waals surface area contributed by atoms with Gasteiger partial charge in [0, 0.05) is 18.6 Å². The zero-order valence-corrected chi connectivity index (χ0v) is 10.3. The smallest absolute Gasteiger partial charge is 0.352 e. The van der Waals surface area contributed by atoms with E-state index in [-0.39, 0.29) is 24.2 Å². The molecule has 100 valence electrons. The van der Waals surface area contributed by atoms with Gasteiger partial charge in [0.1, 0.15) is 18.1 Å². The maximum Gasteiger partial charge on any atom is 0.352 e. The van der Waals surface area contributed by atoms with Gasteiger partial charge in [-0.05, 0) is 19.1 Å². The fourth-order valence-electron chi connectivity index (χ4n) is 1.77. The Hall–Kier alpha value is -2.57. The minimum absolute atomic E-state index is 0.0420. The molecule has 0 radical (unpaired) electrons. The molecule has 0 aliphatic rings. The summed E-state index contributed by atoms with van der Waals surface area (Å²) in [6.45, 7) is 1.75. The number of aromatic amines is 1. The number of rotatable bonds is 5. The van der Waals surface area contributed by atoms with E-state index in [2.05, 4.69) is 15.3 Å². The van der Waals surface area contributed by atoms with E-state index in [1.54, 1.807) is 31.6 Å². The quantitative estimate of drug-likeness (QED) is 0.741. The summed E-state index contributed by atoms with van der Waals surface area (Å²) in [5.41, 5.74) is 0.0841. The van der Waals surface area contributed by atoms with Crippen molar-refractivity contribution in [3.05, 3.63) is 42.2 Å². The molecule has 1 atom stereocenters. The molecule has 0 spiro atoms. The molecule has 2 rings (SSSR count). The molecule has 0 aliphatic carbocycles. The molecule has 3 N–H and O–H groups in total. The van der Waals surface area contributed by atoms with E-state index >= 15 is 0 Å². The maximum atomic E-state index is 11.8. The number of carbonyl (C=O) groups is 2. The molecule has 1 unspecified atom stereocenters. The van der Waals surface area contributed by atoms with Gasteiger partial charge in [0.25, 0.3) is 0 Å². The third-order valence-electron chi connectivity index (χ3n) is 2.67. The highest BCUT2D eigenvalue weighted by atomic mass is 16.4. The molecule has 7 heteroatoms. The van der Waals surface area contributed by atoms with Gasteiger partial charge in [-0.2, -0.15) is 0 Å². The van der Waals surface area contributed by atoms with Gasteiger partial charge < -0.3 is 20.0 Å². The van der Waals surface area contributed by atoms with Crippen LogP contribution in [0.25, 0.3) is 0 Å². The van der Waals surface area contributed by atoms with Crippen LogP contribution in [0.5, 0.6) is 0 Å². The number of hydrogen-bond donors (Lipinski definition) is 3. The highest BCUT2D eigenvalue weighted by molar-refractivity contribution is 5.86. The van der Waals surface area contributed by atoms with Crippen LogP contribution in [0, 0.1) is 0 Å². The Bertz CT molecular complexity index is 574. The van der Waals surface area contributed by atoms with Gasteiger partial charge in [-0.25, -0.2) is 9.78 Å². The zero-order chi connectivity index (χ0) is 13.8. The standard InChI is InChI=1S/C12H14N4O3/c1-8(11-13-4-5-14-11)15-10(17)7-16-6-2-3-9(16)12(18)19/h2-6,8H,7H2,1H3,(H,13,14)(H,15,17)(H,18,19). The Morgan fingerprint density at radius 2 is 2.37 bits per heavy atom. The van der Waals surface area contributed by atoms with E-state index in [0.29, 0.717) is 5.82 Å². The molecule has 7 nitrogen and oxygen atoms in total. The van der Waals surface area contributed by atoms with Crippen molar-refractivity contribution in [2.24, 2.45) is 0 Å². The number of carbonyl (C=O) groups excluding carboxylic acids is 1. The Labute approximate surface area is 109 Å². The number of nitrogens with one attached hydrogen (secondary N) is 2. The summed E-state index contributed by atoms with van der Waals surface area (Å²) < 4.78 is 1.38. The molecular formula is C12H14N4O3. The number of carboxylic acids is 1. The Kier molecular flexibility index (Phi) is 3.65. The minimum atomic E-state index is -1.06. The first-order valence-corrected chi connectivity index (χ1v) is 5.75. The summed E-state index contributed by atoms with van der Waals surface area (Å²) in [6, 6.07) is 2.78. The molecule has 1 amide bonds. The Morgan fingerprint density at radius 3 is 3.00 bits per heavy atom. The van der Waals surface area contributed by atoms with Crippen LogP contribution in [0.3, 0.4) is 0 Å². The Morgan fingerprint density at radius 1 is 1.58 bits per heavy atom. The first-order chi connectivity index (χ1) is 9.08. The van der Waals surface area contributed by atoms with Crippen LogP contribution in [0.15, 0.2) is 30.7 Å². The van der Waals surface area contributed by atoms with Crippen LogP contribution < -0.4 is 5.32 Å². The number of nitrogens with zero attached hydrogens (tertiary/aromatic N) is 2. The lowest BCUT2D eigenvalue weighted by molar-refractivity contribution is -0.122. The second-order valence-electron chi connectivity index (χ2n) is 4.09. The molecular weight excluding hydrogens is 248 g/mol. The minimum Gasteiger partial charge on any atom is -0.477 e. The summed E-state index contributed by atoms with van der Waals surface area (Å²) >= 11 is 0. The van der Waals surface area contributed by atoms with Crippen LogP contribution in [0.4, 0.5) is 0 Å². The van der Waals surface area contributed by atoms with Crippen molar-refractivity contribution in [3.63, 3.8) is 0 Å². The third kappa shape index (κ3) is 3.01. The molecule has 0 saturated heterocycles. The van der Waals surface area contributed by atoms with Crippen LogP contribution >= 0.6 is 0 Å². The number of aromatic nitrogens is 3. The molecule has 0 aliphatic heterocycles. The number of aromatic carboxylic acids is 1. The highest BCUT2D eigenvalue weighted by Gasteiger charge is 2.14. The van der Waals surface area contributed by atoms with E-state index in [0.717, 1.165) is 0 Å². The van der Waals surface area contributed by atoms with Crippen LogP contribution in [0.2, 0.25) is 0 Å². The lowest BCUT2D eigenvalue weighted by Crippen LogP contribution is -2.31. The second kappa shape index (κ2) is 5.38. The van der Waals surface area contributed by atoms with Crippen molar-refractivity contribution in [3.8, 4) is 0 Å². The molecule has 0 bridgehead atoms. The molecule has 0 saturated carbocycles. The topological polar surface area (TPSA) is 100 Å². The summed E-state index contributed by atoms with van der Waals surface area (Å²) in [5.74, 6) is -0.682. The number of imidazole rings is 1. The fraction of sp³-hybridized carbons (Fsp3) is 0.250. The molecule has 19 heavy (non-hydrogen) atoms. The van der Waals surface area contributed by atoms with E-state index in [9.17, 15) is 9.59 Å². The normalized spacial score (nSPS) is 12.1. The van der Waals surface area contributed by atoms with Crippen molar-refractivity contribution in [1.82, 2.24) is 19.9 Å². The lowest BCUT2D eigenvalue weighted by Gasteiger charge is -2.12. The van der Waals surface area contributed by atoms with Crippen LogP contribution in [0.1, 0.15) is 29.3 Å². The summed E-state index contributed by atoms with van der Waals surface area (Å²) in [5, 5.41) is 11.7. The first-order valence-electron chi connectivity index (χ1n) is 5.75. The highest BCUT2D eigenvalue weighted by Crippen LogP contribution is 2.06. The average molecular weight is 262 g/mol. The van der Waals surface area contributed by atoms with Gasteiger partial charge in [0.15, 0.2) is 0 Å². The molecule has 2 aromatic heterocycles. The summed E-state index contributed by atoms with van der Waals surface area (Å²) in [7, 11) is 0. The van der Waals surface area contributed by atoms with Gasteiger partial charge in [-0.3, -0.25) is 4.79 Å². The molecule has 0 fully saturated rings. The fourth-order valence-corrected chi connectivity index (χ4v) is 1.77. The second-order valence-corrected chi connectivity index (χ2v) is 4.09. The van der Waals surface area contributed by atoms with Gasteiger partial charge >= 0.3 is 5.97 Å². The number of amides is 1. The van der Waals surface area contributed by atoms with E-state index < -0.39 is 5.97 Å². The molecule has 2 aromatic rings. The van der Waals surface area contributed by atoms with Crippen LogP contribution in [-0.2, 0) is 11.3 Å². The van der Waals surface area contributed by atoms with Crippen molar-refractivity contribution in [2.45, 2.75) is 19.5 Å². The largest absolute Gasteiger partial charge is 0.477 e. The summed E-state index contributed by atoms with van der Waals surface area (Å²) in [4.78, 5) is 29.7. The van der Waals surface area contributed by atoms with E-state index in [1.165, 1.54) is 10.6 Å². The van der Waals surface area contributed by atoms with Gasteiger partial charge in [-0.15, -0.1) is 0 Å². The number of hydrogen-bond acceptors (Lipinski definition) is 3. The molecule has 0 aromatic carbocycles. The maximum absolute atomic E-state index is 11.8. The molecule has 2 heterocycles. The average Bonchev–Trinajstić information content (AvgIpc) is 2.98. The van der Waals surface area contributed by atoms with Gasteiger partial charge in [-0.1, -0.05) is 0 Å². The van der Waals surface area contributed by atoms with E-state index in [1.807, 2.05) is 0 Å². The predicted octanol–water partition coefficient (Wildman–Crippen LogP) is 0.787. The first kappa shape index (κ1) is 12.9. The number of carboxylic acid groups (broad SMARTS) is 1. The monoisotopic (exact) mass is 262 g/mol. The lowest BCUT2D eigenvalue weighted by atomic mass is 10.3. The van der Waals surface area contributed by atoms with Crippen molar-refractivity contribution < 1.29 is 14.7 Å². The van der Waals surface area contributed by atoms with Crippen molar-refractivity contribution in [2.75, 3.05) is 0 Å². The predicted molar refractivity (Wildman–Crippen MR) is 66.5 cm³/mol. The van der Waals surface area contributed by atoms with Gasteiger partial charge in [0.05, 0.1) is 6.04 Å².